The SMILES string of the molecule is CCCCCCC(C)(C)C(=O)N[C@@H](CCC(=O)O)C(=O)NC(CC)C(=O)N[C@@H](Cc1[nH]cc2ccccc12)C(=O)NC. The summed E-state index contributed by atoms with van der Waals surface area (Å²) in [7, 11) is 1.48. The highest BCUT2D eigenvalue weighted by Crippen LogP contribution is 2.25. The van der Waals surface area contributed by atoms with Crippen molar-refractivity contribution in [2.75, 3.05) is 7.05 Å². The molecule has 2 rings (SSSR count). The van der Waals surface area contributed by atoms with Gasteiger partial charge in [-0.2, -0.15) is 0 Å². The summed E-state index contributed by atoms with van der Waals surface area (Å²) in [6.07, 6.45) is 6.43. The molecule has 0 aliphatic heterocycles. The van der Waals surface area contributed by atoms with Crippen LogP contribution in [-0.2, 0) is 30.4 Å². The molecule has 1 aromatic carbocycles. The molecule has 1 aromatic heterocycles. The van der Waals surface area contributed by atoms with Crippen molar-refractivity contribution in [1.82, 2.24) is 26.3 Å². The topological polar surface area (TPSA) is 169 Å². The number of hydrogen-bond donors (Lipinski definition) is 6. The van der Waals surface area contributed by atoms with Gasteiger partial charge in [0.15, 0.2) is 0 Å². The number of nitrogens with one attached hydrogen (secondary N) is 5. The number of H-pyrrole nitrogens is 1. The van der Waals surface area contributed by atoms with Crippen LogP contribution in [0.25, 0.3) is 10.8 Å². The molecule has 42 heavy (non-hydrogen) atoms. The van der Waals surface area contributed by atoms with Crippen molar-refractivity contribution in [2.24, 2.45) is 5.41 Å². The van der Waals surface area contributed by atoms with Crippen LogP contribution in [0, 0.1) is 5.41 Å². The Morgan fingerprint density at radius 1 is 0.881 bits per heavy atom. The second-order valence-corrected chi connectivity index (χ2v) is 11.4. The van der Waals surface area contributed by atoms with Crippen LogP contribution in [0.15, 0.2) is 30.5 Å². The standard InChI is InChI=1S/C31H47N5O6/c1-6-8-9-12-17-31(3,4)30(42)36-23(15-16-26(37)38)29(41)34-22(7-2)28(40)35-25(27(39)32-5)18-24-21-14-11-10-13-20(21)19-33-24/h10-11,13-14,19,22-23,25,33H,6-9,12,15-18H2,1-5H3,(H,32,39)(H,34,41)(H,35,40)(H,36,42)(H,37,38)/t22?,23-,25-/m0/s1. The minimum absolute atomic E-state index is 0.127. The molecule has 0 aliphatic carbocycles. The molecular weight excluding hydrogens is 538 g/mol. The minimum Gasteiger partial charge on any atom is -0.481 e. The van der Waals surface area contributed by atoms with Crippen molar-refractivity contribution >= 4 is 40.4 Å². The summed E-state index contributed by atoms with van der Waals surface area (Å²) in [5.74, 6) is -3.05. The summed E-state index contributed by atoms with van der Waals surface area (Å²) in [6.45, 7) is 7.42. The third kappa shape index (κ3) is 10.2. The summed E-state index contributed by atoms with van der Waals surface area (Å²) in [5.41, 5.74) is 0.0325. The van der Waals surface area contributed by atoms with Crippen molar-refractivity contribution in [3.8, 4) is 0 Å². The first-order valence-electron chi connectivity index (χ1n) is 14.8. The van der Waals surface area contributed by atoms with Crippen LogP contribution in [0.3, 0.4) is 0 Å². The van der Waals surface area contributed by atoms with E-state index >= 15 is 0 Å². The van der Waals surface area contributed by atoms with E-state index in [1.807, 2.05) is 30.5 Å². The number of hydrogen-bond acceptors (Lipinski definition) is 5. The third-order valence-electron chi connectivity index (χ3n) is 7.56. The summed E-state index contributed by atoms with van der Waals surface area (Å²) in [6, 6.07) is 4.62. The van der Waals surface area contributed by atoms with E-state index in [0.29, 0.717) is 6.42 Å². The number of fused-ring (bicyclic) bond motifs is 1. The van der Waals surface area contributed by atoms with E-state index in [1.54, 1.807) is 20.8 Å². The molecule has 2 aromatic rings. The van der Waals surface area contributed by atoms with E-state index in [9.17, 15) is 29.1 Å². The van der Waals surface area contributed by atoms with Crippen LogP contribution < -0.4 is 21.3 Å². The highest BCUT2D eigenvalue weighted by Gasteiger charge is 2.33. The predicted octanol–water partition coefficient (Wildman–Crippen LogP) is 3.18. The average molecular weight is 586 g/mol. The maximum atomic E-state index is 13.3. The normalized spacial score (nSPS) is 13.5. The summed E-state index contributed by atoms with van der Waals surface area (Å²) in [5, 5.41) is 21.8. The molecule has 0 saturated heterocycles. The maximum Gasteiger partial charge on any atom is 0.303 e. The van der Waals surface area contributed by atoms with E-state index in [1.165, 1.54) is 7.05 Å². The molecule has 0 spiro atoms. The summed E-state index contributed by atoms with van der Waals surface area (Å²) >= 11 is 0. The molecule has 3 atom stereocenters. The maximum absolute atomic E-state index is 13.3. The van der Waals surface area contributed by atoms with Gasteiger partial charge in [0.2, 0.25) is 23.6 Å². The van der Waals surface area contributed by atoms with Crippen LogP contribution >= 0.6 is 0 Å². The first-order valence-corrected chi connectivity index (χ1v) is 14.8. The molecular formula is C31H47N5O6. The van der Waals surface area contributed by atoms with Gasteiger partial charge in [-0.15, -0.1) is 0 Å². The zero-order valence-corrected chi connectivity index (χ0v) is 25.5. The highest BCUT2D eigenvalue weighted by molar-refractivity contribution is 5.95. The Bertz CT molecular complexity index is 1220. The minimum atomic E-state index is -1.13. The molecule has 6 N–H and O–H groups in total. The van der Waals surface area contributed by atoms with Crippen molar-refractivity contribution in [1.29, 1.82) is 0 Å². The number of likely N-dealkylation sites (N-methyl/N-ethyl adjacent to an activating group) is 1. The van der Waals surface area contributed by atoms with Gasteiger partial charge in [0.25, 0.3) is 0 Å². The molecule has 0 radical (unpaired) electrons. The number of carboxylic acid groups (broad SMARTS) is 1. The lowest BCUT2D eigenvalue weighted by atomic mass is 9.85. The first kappa shape index (κ1) is 34.3. The zero-order valence-electron chi connectivity index (χ0n) is 25.5. The van der Waals surface area contributed by atoms with Crippen LogP contribution in [0.2, 0.25) is 0 Å². The third-order valence-corrected chi connectivity index (χ3v) is 7.56. The summed E-state index contributed by atoms with van der Waals surface area (Å²) < 4.78 is 0. The number of carboxylic acids is 1. The number of carbonyl (C=O) groups is 5. The van der Waals surface area contributed by atoms with Crippen LogP contribution in [0.1, 0.15) is 84.8 Å². The van der Waals surface area contributed by atoms with Crippen molar-refractivity contribution in [2.45, 2.75) is 104 Å². The van der Waals surface area contributed by atoms with Gasteiger partial charge in [0, 0.05) is 42.6 Å². The highest BCUT2D eigenvalue weighted by atomic mass is 16.4. The van der Waals surface area contributed by atoms with Gasteiger partial charge in [0.05, 0.1) is 0 Å². The average Bonchev–Trinajstić information content (AvgIpc) is 3.37. The molecule has 0 bridgehead atoms. The molecule has 0 aliphatic rings. The number of benzene rings is 1. The van der Waals surface area contributed by atoms with Gasteiger partial charge in [-0.3, -0.25) is 24.0 Å². The van der Waals surface area contributed by atoms with E-state index in [2.05, 4.69) is 33.2 Å². The van der Waals surface area contributed by atoms with Crippen molar-refractivity contribution in [3.63, 3.8) is 0 Å². The summed E-state index contributed by atoms with van der Waals surface area (Å²) in [4.78, 5) is 66.8. The Labute approximate surface area is 248 Å². The number of amides is 4. The van der Waals surface area contributed by atoms with E-state index < -0.39 is 47.2 Å². The lowest BCUT2D eigenvalue weighted by Gasteiger charge is -2.28. The number of aliphatic carboxylic acids is 1. The fraction of sp³-hybridized carbons (Fsp3) is 0.581. The first-order chi connectivity index (χ1) is 19.9. The van der Waals surface area contributed by atoms with Crippen molar-refractivity contribution in [3.05, 3.63) is 36.2 Å². The monoisotopic (exact) mass is 585 g/mol. The zero-order chi connectivity index (χ0) is 31.3. The molecule has 0 saturated carbocycles. The molecule has 1 heterocycles. The van der Waals surface area contributed by atoms with Crippen LogP contribution in [0.4, 0.5) is 0 Å². The molecule has 4 amide bonds. The second kappa shape index (κ2) is 16.5. The van der Waals surface area contributed by atoms with E-state index in [-0.39, 0.29) is 31.6 Å². The lowest BCUT2D eigenvalue weighted by molar-refractivity contribution is -0.139. The van der Waals surface area contributed by atoms with E-state index in [4.69, 9.17) is 0 Å². The van der Waals surface area contributed by atoms with Crippen LogP contribution in [0.5, 0.6) is 0 Å². The number of aromatic nitrogens is 1. The Hall–Kier alpha value is -3.89. The molecule has 1 unspecified atom stereocenters. The second-order valence-electron chi connectivity index (χ2n) is 11.4. The van der Waals surface area contributed by atoms with Gasteiger partial charge in [-0.05, 0) is 24.6 Å². The van der Waals surface area contributed by atoms with Crippen molar-refractivity contribution < 1.29 is 29.1 Å². The number of rotatable bonds is 18. The Balaban J connectivity index is 2.12. The molecule has 0 fully saturated rings. The Morgan fingerprint density at radius 3 is 2.19 bits per heavy atom. The van der Waals surface area contributed by atoms with Gasteiger partial charge < -0.3 is 31.4 Å². The fourth-order valence-electron chi connectivity index (χ4n) is 4.79. The molecule has 232 valence electrons. The predicted molar refractivity (Wildman–Crippen MR) is 162 cm³/mol. The number of carbonyl (C=O) groups excluding carboxylic acids is 4. The quantitative estimate of drug-likeness (QED) is 0.147. The lowest BCUT2D eigenvalue weighted by Crippen LogP contribution is -2.57. The van der Waals surface area contributed by atoms with Gasteiger partial charge in [-0.25, -0.2) is 0 Å². The van der Waals surface area contributed by atoms with Gasteiger partial charge in [0.1, 0.15) is 18.1 Å². The molecule has 11 heteroatoms. The Morgan fingerprint density at radius 2 is 1.55 bits per heavy atom. The molecule has 11 nitrogen and oxygen atoms in total. The van der Waals surface area contributed by atoms with Gasteiger partial charge >= 0.3 is 5.97 Å². The number of aromatic amines is 1. The fourth-order valence-corrected chi connectivity index (χ4v) is 4.79. The Kier molecular flexibility index (Phi) is 13.5. The van der Waals surface area contributed by atoms with E-state index in [0.717, 1.165) is 42.1 Å². The number of unbranched alkanes of at least 4 members (excludes halogenated alkanes) is 3. The smallest absolute Gasteiger partial charge is 0.303 e. The van der Waals surface area contributed by atoms with Crippen LogP contribution in [-0.4, -0.2) is 64.9 Å². The largest absolute Gasteiger partial charge is 0.481 e. The van der Waals surface area contributed by atoms with Gasteiger partial charge in [-0.1, -0.05) is 77.6 Å².